The summed E-state index contributed by atoms with van der Waals surface area (Å²) < 4.78 is 10.4. The Hall–Kier alpha value is -2.63. The van der Waals surface area contributed by atoms with E-state index in [1.54, 1.807) is 6.07 Å². The highest BCUT2D eigenvalue weighted by Gasteiger charge is 2.13. The number of hydrogen-bond donors (Lipinski definition) is 1. The molecule has 23 heavy (non-hydrogen) atoms. The molecule has 0 spiro atoms. The van der Waals surface area contributed by atoms with Gasteiger partial charge in [0.25, 0.3) is 0 Å². The maximum Gasteiger partial charge on any atom is 0.328 e. The van der Waals surface area contributed by atoms with Gasteiger partial charge in [-0.2, -0.15) is 0 Å². The van der Waals surface area contributed by atoms with Crippen LogP contribution >= 0.6 is 0 Å². The fourth-order valence-electron chi connectivity index (χ4n) is 1.72. The van der Waals surface area contributed by atoms with E-state index in [4.69, 9.17) is 14.6 Å². The van der Waals surface area contributed by atoms with E-state index in [1.165, 1.54) is 18.2 Å². The van der Waals surface area contributed by atoms with E-state index in [0.29, 0.717) is 18.4 Å². The van der Waals surface area contributed by atoms with Gasteiger partial charge in [-0.25, -0.2) is 4.79 Å². The molecule has 0 aliphatic carbocycles. The minimum atomic E-state index is -1.09. The topological polar surface area (TPSA) is 89.9 Å². The second kappa shape index (κ2) is 9.40. The Balaban J connectivity index is 3.04. The number of hydrogen-bond acceptors (Lipinski definition) is 5. The Morgan fingerprint density at radius 2 is 1.57 bits per heavy atom. The van der Waals surface area contributed by atoms with Crippen molar-refractivity contribution in [3.8, 4) is 11.5 Å². The number of aliphatic carboxylic acids is 1. The molecule has 0 bridgehead atoms. The number of carboxylic acid groups (broad SMARTS) is 1. The smallest absolute Gasteiger partial charge is 0.328 e. The minimum Gasteiger partial charge on any atom is -0.478 e. The first-order chi connectivity index (χ1) is 11.0. The molecule has 0 aromatic heterocycles. The van der Waals surface area contributed by atoms with Crippen LogP contribution in [0, 0.1) is 0 Å². The average molecular weight is 320 g/mol. The summed E-state index contributed by atoms with van der Waals surface area (Å²) in [6, 6.07) is 4.51. The monoisotopic (exact) mass is 320 g/mol. The van der Waals surface area contributed by atoms with Gasteiger partial charge in [0, 0.05) is 18.9 Å². The lowest BCUT2D eigenvalue weighted by Crippen LogP contribution is -2.11. The van der Waals surface area contributed by atoms with Gasteiger partial charge in [-0.3, -0.25) is 9.59 Å². The van der Waals surface area contributed by atoms with Crippen LogP contribution in [0.15, 0.2) is 24.3 Å². The van der Waals surface area contributed by atoms with Crippen LogP contribution in [-0.2, 0) is 14.4 Å². The van der Waals surface area contributed by atoms with E-state index in [-0.39, 0.29) is 24.3 Å². The van der Waals surface area contributed by atoms with Crippen LogP contribution in [0.25, 0.3) is 6.08 Å². The molecule has 0 atom stereocenters. The van der Waals surface area contributed by atoms with Gasteiger partial charge < -0.3 is 14.6 Å². The Labute approximate surface area is 134 Å². The molecule has 0 saturated carbocycles. The molecule has 0 fully saturated rings. The minimum absolute atomic E-state index is 0.0976. The van der Waals surface area contributed by atoms with Crippen molar-refractivity contribution in [1.29, 1.82) is 0 Å². The Kier molecular flexibility index (Phi) is 7.53. The van der Waals surface area contributed by atoms with Crippen LogP contribution in [0.5, 0.6) is 11.5 Å². The lowest BCUT2D eigenvalue weighted by atomic mass is 10.2. The van der Waals surface area contributed by atoms with Crippen molar-refractivity contribution in [3.05, 3.63) is 29.8 Å². The van der Waals surface area contributed by atoms with Crippen molar-refractivity contribution >= 4 is 24.0 Å². The van der Waals surface area contributed by atoms with Gasteiger partial charge in [0.05, 0.1) is 0 Å². The molecule has 124 valence electrons. The van der Waals surface area contributed by atoms with E-state index < -0.39 is 17.9 Å². The summed E-state index contributed by atoms with van der Waals surface area (Å²) in [4.78, 5) is 33.9. The number of carboxylic acids is 1. The number of benzene rings is 1. The molecular formula is C17H20O6. The number of carbonyl (C=O) groups is 3. The number of rotatable bonds is 8. The van der Waals surface area contributed by atoms with Crippen molar-refractivity contribution in [2.45, 2.75) is 39.5 Å². The standard InChI is InChI=1S/C17H20O6/c1-3-5-16(20)22-13-9-7-12(8-10-15(18)19)11-14(13)23-17(21)6-4-2/h7-11H,3-6H2,1-2H3,(H,18,19)/b10-8+. The normalized spacial score (nSPS) is 10.5. The maximum absolute atomic E-state index is 11.7. The summed E-state index contributed by atoms with van der Waals surface area (Å²) in [5.41, 5.74) is 0.516. The number of esters is 2. The SMILES string of the molecule is CCCC(=O)Oc1ccc(/C=C/C(=O)O)cc1OC(=O)CCC. The van der Waals surface area contributed by atoms with Crippen LogP contribution < -0.4 is 9.47 Å². The Morgan fingerprint density at radius 3 is 2.09 bits per heavy atom. The molecular weight excluding hydrogens is 300 g/mol. The molecule has 0 saturated heterocycles. The van der Waals surface area contributed by atoms with Crippen LogP contribution in [0.2, 0.25) is 0 Å². The predicted molar refractivity (Wildman–Crippen MR) is 84.2 cm³/mol. The first-order valence-corrected chi connectivity index (χ1v) is 7.42. The van der Waals surface area contributed by atoms with Crippen molar-refractivity contribution in [2.24, 2.45) is 0 Å². The zero-order chi connectivity index (χ0) is 17.2. The van der Waals surface area contributed by atoms with Gasteiger partial charge in [0.2, 0.25) is 0 Å². The molecule has 0 aliphatic heterocycles. The van der Waals surface area contributed by atoms with Gasteiger partial charge in [0.1, 0.15) is 0 Å². The highest BCUT2D eigenvalue weighted by atomic mass is 16.6. The summed E-state index contributed by atoms with van der Waals surface area (Å²) in [7, 11) is 0. The van der Waals surface area contributed by atoms with Gasteiger partial charge in [0.15, 0.2) is 11.5 Å². The Bertz CT molecular complexity index is 603. The molecule has 1 aromatic carbocycles. The second-order valence-electron chi connectivity index (χ2n) is 4.83. The first-order valence-electron chi connectivity index (χ1n) is 7.42. The molecule has 6 heteroatoms. The summed E-state index contributed by atoms with van der Waals surface area (Å²) >= 11 is 0. The molecule has 1 rings (SSSR count). The summed E-state index contributed by atoms with van der Waals surface area (Å²) in [5, 5.41) is 8.65. The van der Waals surface area contributed by atoms with Gasteiger partial charge in [-0.15, -0.1) is 0 Å². The van der Waals surface area contributed by atoms with E-state index in [2.05, 4.69) is 0 Å². The zero-order valence-corrected chi connectivity index (χ0v) is 13.2. The van der Waals surface area contributed by atoms with E-state index in [1.807, 2.05) is 13.8 Å². The van der Waals surface area contributed by atoms with E-state index in [0.717, 1.165) is 6.08 Å². The highest BCUT2D eigenvalue weighted by Crippen LogP contribution is 2.30. The lowest BCUT2D eigenvalue weighted by molar-refractivity contribution is -0.137. The molecule has 1 aromatic rings. The van der Waals surface area contributed by atoms with Crippen molar-refractivity contribution in [3.63, 3.8) is 0 Å². The Morgan fingerprint density at radius 1 is 1.00 bits per heavy atom. The quantitative estimate of drug-likeness (QED) is 0.449. The van der Waals surface area contributed by atoms with Crippen LogP contribution in [0.3, 0.4) is 0 Å². The van der Waals surface area contributed by atoms with Crippen LogP contribution in [0.4, 0.5) is 0 Å². The van der Waals surface area contributed by atoms with E-state index in [9.17, 15) is 14.4 Å². The third-order valence-corrected chi connectivity index (χ3v) is 2.74. The maximum atomic E-state index is 11.7. The van der Waals surface area contributed by atoms with Crippen LogP contribution in [-0.4, -0.2) is 23.0 Å². The van der Waals surface area contributed by atoms with Crippen molar-refractivity contribution in [1.82, 2.24) is 0 Å². The highest BCUT2D eigenvalue weighted by molar-refractivity contribution is 5.85. The van der Waals surface area contributed by atoms with Gasteiger partial charge in [-0.05, 0) is 36.6 Å². The second-order valence-corrected chi connectivity index (χ2v) is 4.83. The number of carbonyl (C=O) groups excluding carboxylic acids is 2. The average Bonchev–Trinajstić information content (AvgIpc) is 2.48. The number of ether oxygens (including phenoxy) is 2. The summed E-state index contributed by atoms with van der Waals surface area (Å²) in [5.74, 6) is -1.72. The fourth-order valence-corrected chi connectivity index (χ4v) is 1.72. The molecule has 0 radical (unpaired) electrons. The third kappa shape index (κ3) is 6.78. The predicted octanol–water partition coefficient (Wildman–Crippen LogP) is 3.20. The molecule has 6 nitrogen and oxygen atoms in total. The van der Waals surface area contributed by atoms with Gasteiger partial charge >= 0.3 is 17.9 Å². The molecule has 1 N–H and O–H groups in total. The van der Waals surface area contributed by atoms with E-state index >= 15 is 0 Å². The first kappa shape index (κ1) is 18.4. The molecule has 0 aliphatic rings. The molecule has 0 heterocycles. The largest absolute Gasteiger partial charge is 0.478 e. The fraction of sp³-hybridized carbons (Fsp3) is 0.353. The zero-order valence-electron chi connectivity index (χ0n) is 13.2. The van der Waals surface area contributed by atoms with Crippen LogP contribution in [0.1, 0.15) is 45.1 Å². The summed E-state index contributed by atoms with van der Waals surface area (Å²) in [6.07, 6.45) is 4.08. The van der Waals surface area contributed by atoms with Gasteiger partial charge in [-0.1, -0.05) is 19.9 Å². The van der Waals surface area contributed by atoms with Crippen molar-refractivity contribution < 1.29 is 29.0 Å². The summed E-state index contributed by atoms with van der Waals surface area (Å²) in [6.45, 7) is 3.69. The molecule has 0 amide bonds. The third-order valence-electron chi connectivity index (χ3n) is 2.74. The lowest BCUT2D eigenvalue weighted by Gasteiger charge is -2.11. The van der Waals surface area contributed by atoms with Crippen molar-refractivity contribution in [2.75, 3.05) is 0 Å². The molecule has 0 unspecified atom stereocenters.